The van der Waals surface area contributed by atoms with Gasteiger partial charge in [0.2, 0.25) is 0 Å². The van der Waals surface area contributed by atoms with Gasteiger partial charge in [0.15, 0.2) is 0 Å². The summed E-state index contributed by atoms with van der Waals surface area (Å²) in [4.78, 5) is 15.7. The summed E-state index contributed by atoms with van der Waals surface area (Å²) >= 11 is 0. The quantitative estimate of drug-likeness (QED) is 0.754. The molecule has 1 aliphatic carbocycles. The van der Waals surface area contributed by atoms with E-state index in [1.807, 2.05) is 33.5 Å². The van der Waals surface area contributed by atoms with E-state index in [2.05, 4.69) is 17.1 Å². The maximum absolute atomic E-state index is 11.6. The molecular weight excluding hydrogens is 302 g/mol. The van der Waals surface area contributed by atoms with Crippen molar-refractivity contribution in [3.63, 3.8) is 0 Å². The number of allylic oxidation sites excluding steroid dienone is 1. The fourth-order valence-electron chi connectivity index (χ4n) is 3.11. The van der Waals surface area contributed by atoms with Gasteiger partial charge in [-0.3, -0.25) is 0 Å². The molecule has 24 heavy (non-hydrogen) atoms. The van der Waals surface area contributed by atoms with Gasteiger partial charge in [-0.15, -0.1) is 0 Å². The highest BCUT2D eigenvalue weighted by atomic mass is 16.4. The molecule has 1 aliphatic rings. The van der Waals surface area contributed by atoms with Gasteiger partial charge in [0, 0.05) is 30.9 Å². The minimum atomic E-state index is -0.861. The number of hydrogen-bond donors (Lipinski definition) is 1. The zero-order valence-electron chi connectivity index (χ0n) is 13.3. The molecule has 5 nitrogen and oxygen atoms in total. The molecule has 1 fully saturated rings. The number of aromatic nitrogens is 3. The SMILES string of the molecule is O=C(O)c1cc2cccc(/C=C/Cn3ccnc3)c2n1CC1CC1. The number of benzene rings is 1. The molecule has 0 atom stereocenters. The van der Waals surface area contributed by atoms with Gasteiger partial charge in [0.25, 0.3) is 0 Å². The van der Waals surface area contributed by atoms with Crippen molar-refractivity contribution >= 4 is 22.9 Å². The number of fused-ring (bicyclic) bond motifs is 1. The van der Waals surface area contributed by atoms with Crippen LogP contribution < -0.4 is 0 Å². The molecule has 2 aromatic heterocycles. The summed E-state index contributed by atoms with van der Waals surface area (Å²) in [6.45, 7) is 1.53. The van der Waals surface area contributed by atoms with Crippen LogP contribution in [0.25, 0.3) is 17.0 Å². The van der Waals surface area contributed by atoms with Crippen LogP contribution >= 0.6 is 0 Å². The smallest absolute Gasteiger partial charge is 0.352 e. The van der Waals surface area contributed by atoms with Crippen LogP contribution in [0.15, 0.2) is 49.1 Å². The van der Waals surface area contributed by atoms with Crippen LogP contribution in [-0.4, -0.2) is 25.2 Å². The molecule has 0 radical (unpaired) electrons. The van der Waals surface area contributed by atoms with Crippen LogP contribution in [0.2, 0.25) is 0 Å². The third-order valence-corrected chi connectivity index (χ3v) is 4.48. The maximum Gasteiger partial charge on any atom is 0.352 e. The second-order valence-corrected chi connectivity index (χ2v) is 6.34. The van der Waals surface area contributed by atoms with E-state index in [1.165, 1.54) is 12.8 Å². The summed E-state index contributed by atoms with van der Waals surface area (Å²) in [6, 6.07) is 7.79. The van der Waals surface area contributed by atoms with Crippen molar-refractivity contribution in [2.75, 3.05) is 0 Å². The first-order chi connectivity index (χ1) is 11.7. The number of carboxylic acid groups (broad SMARTS) is 1. The van der Waals surface area contributed by atoms with Crippen molar-refractivity contribution < 1.29 is 9.90 Å². The lowest BCUT2D eigenvalue weighted by Crippen LogP contribution is -2.10. The number of hydrogen-bond acceptors (Lipinski definition) is 2. The van der Waals surface area contributed by atoms with Crippen molar-refractivity contribution in [1.82, 2.24) is 14.1 Å². The van der Waals surface area contributed by atoms with Crippen LogP contribution in [0.3, 0.4) is 0 Å². The molecular formula is C19H19N3O2. The van der Waals surface area contributed by atoms with Crippen LogP contribution in [0, 0.1) is 5.92 Å². The Hall–Kier alpha value is -2.82. The first-order valence-electron chi connectivity index (χ1n) is 8.20. The number of aromatic carboxylic acids is 1. The number of carboxylic acids is 1. The van der Waals surface area contributed by atoms with Crippen molar-refractivity contribution in [3.8, 4) is 0 Å². The minimum Gasteiger partial charge on any atom is -0.477 e. The number of carbonyl (C=O) groups is 1. The van der Waals surface area contributed by atoms with E-state index in [4.69, 9.17) is 0 Å². The van der Waals surface area contributed by atoms with Crippen LogP contribution in [-0.2, 0) is 13.1 Å². The highest BCUT2D eigenvalue weighted by Gasteiger charge is 2.25. The lowest BCUT2D eigenvalue weighted by Gasteiger charge is -2.09. The zero-order valence-corrected chi connectivity index (χ0v) is 13.3. The monoisotopic (exact) mass is 321 g/mol. The van der Waals surface area contributed by atoms with Crippen LogP contribution in [0.5, 0.6) is 0 Å². The number of para-hydroxylation sites is 1. The van der Waals surface area contributed by atoms with Gasteiger partial charge in [-0.1, -0.05) is 30.4 Å². The number of imidazole rings is 1. The van der Waals surface area contributed by atoms with E-state index in [0.717, 1.165) is 29.6 Å². The molecule has 3 aromatic rings. The Morgan fingerprint density at radius 3 is 2.96 bits per heavy atom. The summed E-state index contributed by atoms with van der Waals surface area (Å²) in [6.07, 6.45) is 12.0. The molecule has 0 saturated heterocycles. The molecule has 1 saturated carbocycles. The molecule has 0 unspecified atom stereocenters. The molecule has 0 aliphatic heterocycles. The van der Waals surface area contributed by atoms with Gasteiger partial charge in [-0.2, -0.15) is 0 Å². The fourth-order valence-corrected chi connectivity index (χ4v) is 3.11. The Labute approximate surface area is 139 Å². The Balaban J connectivity index is 1.74. The van der Waals surface area contributed by atoms with Crippen LogP contribution in [0.1, 0.15) is 28.9 Å². The standard InChI is InChI=1S/C19H19N3O2/c23-19(24)17-11-16-4-1-3-15(5-2-9-21-10-8-20-13-21)18(16)22(17)12-14-6-7-14/h1-5,8,10-11,13-14H,6-7,9,12H2,(H,23,24)/b5-2+. The molecule has 2 heterocycles. The molecule has 1 aromatic carbocycles. The predicted octanol–water partition coefficient (Wildman–Crippen LogP) is 3.66. The topological polar surface area (TPSA) is 60.0 Å². The second-order valence-electron chi connectivity index (χ2n) is 6.34. The van der Waals surface area contributed by atoms with E-state index < -0.39 is 5.97 Å². The highest BCUT2D eigenvalue weighted by Crippen LogP contribution is 2.34. The first-order valence-corrected chi connectivity index (χ1v) is 8.20. The van der Waals surface area contributed by atoms with Crippen molar-refractivity contribution in [3.05, 3.63) is 60.3 Å². The Morgan fingerprint density at radius 2 is 2.25 bits per heavy atom. The first kappa shape index (κ1) is 14.8. The second kappa shape index (κ2) is 6.00. The maximum atomic E-state index is 11.6. The molecule has 1 N–H and O–H groups in total. The minimum absolute atomic E-state index is 0.382. The van der Waals surface area contributed by atoms with Crippen molar-refractivity contribution in [2.45, 2.75) is 25.9 Å². The molecule has 122 valence electrons. The Kier molecular flexibility index (Phi) is 3.69. The summed E-state index contributed by atoms with van der Waals surface area (Å²) in [5, 5.41) is 10.5. The van der Waals surface area contributed by atoms with E-state index in [-0.39, 0.29) is 0 Å². The third kappa shape index (κ3) is 2.85. The van der Waals surface area contributed by atoms with Crippen molar-refractivity contribution in [2.24, 2.45) is 5.92 Å². The lowest BCUT2D eigenvalue weighted by molar-refractivity contribution is 0.0685. The van der Waals surface area contributed by atoms with Gasteiger partial charge in [-0.05, 0) is 30.4 Å². The van der Waals surface area contributed by atoms with E-state index in [9.17, 15) is 9.90 Å². The average Bonchev–Trinajstić information content (AvgIpc) is 3.08. The summed E-state index contributed by atoms with van der Waals surface area (Å²) in [7, 11) is 0. The van der Waals surface area contributed by atoms with Gasteiger partial charge >= 0.3 is 5.97 Å². The highest BCUT2D eigenvalue weighted by molar-refractivity contribution is 5.97. The summed E-state index contributed by atoms with van der Waals surface area (Å²) in [5.41, 5.74) is 2.46. The van der Waals surface area contributed by atoms with Gasteiger partial charge in [0.05, 0.1) is 11.8 Å². The molecule has 4 rings (SSSR count). The number of nitrogens with zero attached hydrogens (tertiary/aromatic N) is 3. The van der Waals surface area contributed by atoms with Gasteiger partial charge in [-0.25, -0.2) is 9.78 Å². The van der Waals surface area contributed by atoms with E-state index in [0.29, 0.717) is 11.6 Å². The van der Waals surface area contributed by atoms with Crippen LogP contribution in [0.4, 0.5) is 0 Å². The Morgan fingerprint density at radius 1 is 1.38 bits per heavy atom. The predicted molar refractivity (Wildman–Crippen MR) is 92.9 cm³/mol. The average molecular weight is 321 g/mol. The molecule has 0 spiro atoms. The van der Waals surface area contributed by atoms with E-state index in [1.54, 1.807) is 18.6 Å². The fraction of sp³-hybridized carbons (Fsp3) is 0.263. The van der Waals surface area contributed by atoms with E-state index >= 15 is 0 Å². The molecule has 0 bridgehead atoms. The lowest BCUT2D eigenvalue weighted by atomic mass is 10.1. The third-order valence-electron chi connectivity index (χ3n) is 4.48. The summed E-state index contributed by atoms with van der Waals surface area (Å²) in [5.74, 6) is -0.248. The molecule has 0 amide bonds. The van der Waals surface area contributed by atoms with Gasteiger partial charge in [0.1, 0.15) is 5.69 Å². The van der Waals surface area contributed by atoms with Gasteiger partial charge < -0.3 is 14.2 Å². The Bertz CT molecular complexity index is 902. The largest absolute Gasteiger partial charge is 0.477 e. The number of rotatable bonds is 6. The zero-order chi connectivity index (χ0) is 16.5. The normalized spacial score (nSPS) is 14.7. The molecule has 5 heteroatoms. The van der Waals surface area contributed by atoms with Crippen molar-refractivity contribution in [1.29, 1.82) is 0 Å². The summed E-state index contributed by atoms with van der Waals surface area (Å²) < 4.78 is 3.97.